The third-order valence-corrected chi connectivity index (χ3v) is 2.86. The zero-order valence-electron chi connectivity index (χ0n) is 10.1. The molecule has 0 bridgehead atoms. The fourth-order valence-corrected chi connectivity index (χ4v) is 1.74. The van der Waals surface area contributed by atoms with E-state index in [1.54, 1.807) is 48.5 Å². The van der Waals surface area contributed by atoms with Crippen molar-refractivity contribution in [3.05, 3.63) is 64.7 Å². The quantitative estimate of drug-likeness (QED) is 0.865. The lowest BCUT2D eigenvalue weighted by Gasteiger charge is -2.06. The van der Waals surface area contributed by atoms with Crippen LogP contribution in [0.5, 0.6) is 0 Å². The summed E-state index contributed by atoms with van der Waals surface area (Å²) in [6.45, 7) is 0.177. The number of hydrogen-bond donors (Lipinski definition) is 1. The van der Waals surface area contributed by atoms with Crippen LogP contribution in [-0.4, -0.2) is 12.3 Å². The monoisotopic (exact) mass is 270 g/mol. The van der Waals surface area contributed by atoms with Crippen molar-refractivity contribution in [2.75, 3.05) is 11.9 Å². The minimum Gasteiger partial charge on any atom is -0.378 e. The molecule has 0 radical (unpaired) electrons. The van der Waals surface area contributed by atoms with E-state index in [-0.39, 0.29) is 12.3 Å². The van der Waals surface area contributed by atoms with Gasteiger partial charge in [0.1, 0.15) is 0 Å². The molecule has 4 heteroatoms. The average Bonchev–Trinajstić information content (AvgIpc) is 2.46. The highest BCUT2D eigenvalue weighted by Crippen LogP contribution is 2.13. The van der Waals surface area contributed by atoms with Crippen LogP contribution in [0.2, 0.25) is 5.02 Å². The molecule has 0 aromatic heterocycles. The molecule has 0 saturated heterocycles. The van der Waals surface area contributed by atoms with Crippen molar-refractivity contribution in [3.63, 3.8) is 0 Å². The fourth-order valence-electron chi connectivity index (χ4n) is 1.61. The molecule has 2 rings (SSSR count). The molecule has 0 aliphatic rings. The normalized spacial score (nSPS) is 9.68. The Labute approximate surface area is 116 Å². The zero-order chi connectivity index (χ0) is 13.7. The number of Topliss-reactive ketones (excluding diaryl/α,β-unsaturated/α-hetero) is 1. The van der Waals surface area contributed by atoms with E-state index in [4.69, 9.17) is 16.9 Å². The van der Waals surface area contributed by atoms with Gasteiger partial charge >= 0.3 is 0 Å². The highest BCUT2D eigenvalue weighted by molar-refractivity contribution is 6.30. The molecule has 1 N–H and O–H groups in total. The zero-order valence-corrected chi connectivity index (χ0v) is 10.8. The smallest absolute Gasteiger partial charge is 0.181 e. The number of hydrogen-bond acceptors (Lipinski definition) is 3. The second-order valence-electron chi connectivity index (χ2n) is 3.98. The number of carbonyl (C=O) groups excluding carboxylic acids is 1. The SMILES string of the molecule is N#Cc1cccc(C(=O)CNc2ccc(Cl)cc2)c1. The van der Waals surface area contributed by atoms with E-state index in [2.05, 4.69) is 5.32 Å². The van der Waals surface area contributed by atoms with Gasteiger partial charge in [0.25, 0.3) is 0 Å². The van der Waals surface area contributed by atoms with Crippen LogP contribution in [0.3, 0.4) is 0 Å². The lowest BCUT2D eigenvalue weighted by atomic mass is 10.1. The van der Waals surface area contributed by atoms with E-state index in [0.717, 1.165) is 5.69 Å². The summed E-state index contributed by atoms with van der Waals surface area (Å²) >= 11 is 5.78. The predicted molar refractivity (Wildman–Crippen MR) is 75.4 cm³/mol. The Morgan fingerprint density at radius 1 is 1.21 bits per heavy atom. The topological polar surface area (TPSA) is 52.9 Å². The van der Waals surface area contributed by atoms with Gasteiger partial charge in [-0.1, -0.05) is 23.7 Å². The maximum atomic E-state index is 12.0. The van der Waals surface area contributed by atoms with Crippen LogP contribution in [0.1, 0.15) is 15.9 Å². The van der Waals surface area contributed by atoms with Crippen LogP contribution in [0, 0.1) is 11.3 Å². The number of nitriles is 1. The number of benzene rings is 2. The molecule has 0 unspecified atom stereocenters. The molecule has 0 fully saturated rings. The van der Waals surface area contributed by atoms with E-state index in [0.29, 0.717) is 16.1 Å². The van der Waals surface area contributed by atoms with Crippen molar-refractivity contribution in [2.24, 2.45) is 0 Å². The number of anilines is 1. The van der Waals surface area contributed by atoms with E-state index >= 15 is 0 Å². The van der Waals surface area contributed by atoms with Gasteiger partial charge in [0.05, 0.1) is 18.2 Å². The molecule has 2 aromatic rings. The van der Waals surface area contributed by atoms with Gasteiger partial charge in [0.2, 0.25) is 0 Å². The van der Waals surface area contributed by atoms with Gasteiger partial charge in [0, 0.05) is 16.3 Å². The Morgan fingerprint density at radius 2 is 1.95 bits per heavy atom. The minimum absolute atomic E-state index is 0.0629. The fraction of sp³-hybridized carbons (Fsp3) is 0.0667. The van der Waals surface area contributed by atoms with Gasteiger partial charge in [-0.2, -0.15) is 5.26 Å². The summed E-state index contributed by atoms with van der Waals surface area (Å²) in [6, 6.07) is 15.8. The first-order chi connectivity index (χ1) is 9.19. The maximum absolute atomic E-state index is 12.0. The number of rotatable bonds is 4. The molecule has 0 amide bonds. The van der Waals surface area contributed by atoms with Crippen molar-refractivity contribution in [2.45, 2.75) is 0 Å². The molecule has 94 valence electrons. The van der Waals surface area contributed by atoms with E-state index < -0.39 is 0 Å². The molecule has 0 spiro atoms. The third kappa shape index (κ3) is 3.57. The summed E-state index contributed by atoms with van der Waals surface area (Å²) in [7, 11) is 0. The summed E-state index contributed by atoms with van der Waals surface area (Å²) in [5.74, 6) is -0.0629. The summed E-state index contributed by atoms with van der Waals surface area (Å²) in [6.07, 6.45) is 0. The Balaban J connectivity index is 2.01. The van der Waals surface area contributed by atoms with Crippen LogP contribution < -0.4 is 5.32 Å². The summed E-state index contributed by atoms with van der Waals surface area (Å²) in [5, 5.41) is 12.5. The number of carbonyl (C=O) groups is 1. The van der Waals surface area contributed by atoms with Gasteiger partial charge in [-0.15, -0.1) is 0 Å². The minimum atomic E-state index is -0.0629. The van der Waals surface area contributed by atoms with Gasteiger partial charge in [-0.3, -0.25) is 4.79 Å². The van der Waals surface area contributed by atoms with E-state index in [9.17, 15) is 4.79 Å². The van der Waals surface area contributed by atoms with Gasteiger partial charge in [0.15, 0.2) is 5.78 Å². The number of halogens is 1. The van der Waals surface area contributed by atoms with Crippen molar-refractivity contribution >= 4 is 23.1 Å². The van der Waals surface area contributed by atoms with Crippen LogP contribution in [0.25, 0.3) is 0 Å². The first-order valence-electron chi connectivity index (χ1n) is 5.72. The van der Waals surface area contributed by atoms with E-state index in [1.165, 1.54) is 0 Å². The van der Waals surface area contributed by atoms with Crippen LogP contribution in [-0.2, 0) is 0 Å². The van der Waals surface area contributed by atoms with E-state index in [1.807, 2.05) is 6.07 Å². The lowest BCUT2D eigenvalue weighted by Crippen LogP contribution is -2.14. The molecular weight excluding hydrogens is 260 g/mol. The van der Waals surface area contributed by atoms with Gasteiger partial charge in [-0.25, -0.2) is 0 Å². The molecule has 0 atom stereocenters. The standard InChI is InChI=1S/C15H11ClN2O/c16-13-4-6-14(7-5-13)18-10-15(19)12-3-1-2-11(8-12)9-17/h1-8,18H,10H2. The van der Waals surface area contributed by atoms with Crippen LogP contribution in [0.15, 0.2) is 48.5 Å². The Morgan fingerprint density at radius 3 is 2.63 bits per heavy atom. The molecular formula is C15H11ClN2O. The molecule has 0 heterocycles. The Kier molecular flexibility index (Phi) is 4.17. The van der Waals surface area contributed by atoms with Crippen molar-refractivity contribution in [1.82, 2.24) is 0 Å². The first kappa shape index (κ1) is 13.1. The van der Waals surface area contributed by atoms with Gasteiger partial charge < -0.3 is 5.32 Å². The molecule has 0 aliphatic heterocycles. The molecule has 19 heavy (non-hydrogen) atoms. The lowest BCUT2D eigenvalue weighted by molar-refractivity contribution is 0.101. The number of ketones is 1. The summed E-state index contributed by atoms with van der Waals surface area (Å²) in [4.78, 5) is 12.0. The maximum Gasteiger partial charge on any atom is 0.181 e. The van der Waals surface area contributed by atoms with Gasteiger partial charge in [-0.05, 0) is 36.4 Å². The molecule has 2 aromatic carbocycles. The number of nitrogens with zero attached hydrogens (tertiary/aromatic N) is 1. The Hall–Kier alpha value is -2.31. The Bertz CT molecular complexity index is 629. The largest absolute Gasteiger partial charge is 0.378 e. The first-order valence-corrected chi connectivity index (χ1v) is 6.09. The molecule has 0 saturated carbocycles. The van der Waals surface area contributed by atoms with Crippen molar-refractivity contribution in [3.8, 4) is 6.07 Å². The summed E-state index contributed by atoms with van der Waals surface area (Å²) < 4.78 is 0. The van der Waals surface area contributed by atoms with Crippen molar-refractivity contribution < 1.29 is 4.79 Å². The van der Waals surface area contributed by atoms with Crippen molar-refractivity contribution in [1.29, 1.82) is 5.26 Å². The number of nitrogens with one attached hydrogen (secondary N) is 1. The molecule has 0 aliphatic carbocycles. The van der Waals surface area contributed by atoms with Crippen LogP contribution in [0.4, 0.5) is 5.69 Å². The predicted octanol–water partition coefficient (Wildman–Crippen LogP) is 3.51. The van der Waals surface area contributed by atoms with Crippen LogP contribution >= 0.6 is 11.6 Å². The summed E-state index contributed by atoms with van der Waals surface area (Å²) in [5.41, 5.74) is 1.84. The molecule has 3 nitrogen and oxygen atoms in total. The average molecular weight is 271 g/mol. The highest BCUT2D eigenvalue weighted by Gasteiger charge is 2.06. The second kappa shape index (κ2) is 6.03. The highest BCUT2D eigenvalue weighted by atomic mass is 35.5. The second-order valence-corrected chi connectivity index (χ2v) is 4.41. The third-order valence-electron chi connectivity index (χ3n) is 2.61.